The molecule has 0 saturated heterocycles. The summed E-state index contributed by atoms with van der Waals surface area (Å²) in [6.45, 7) is 6.17. The van der Waals surface area contributed by atoms with Crippen LogP contribution < -0.4 is 14.2 Å². The third kappa shape index (κ3) is 7.42. The fourth-order valence-corrected chi connectivity index (χ4v) is 10.4. The lowest BCUT2D eigenvalue weighted by Gasteiger charge is -2.21. The van der Waals surface area contributed by atoms with Crippen LogP contribution in [-0.2, 0) is 24.4 Å². The molecule has 0 radical (unpaired) electrons. The van der Waals surface area contributed by atoms with E-state index >= 15 is 0 Å². The number of sulfonamides is 1. The molecule has 3 saturated carbocycles. The molecule has 52 heavy (non-hydrogen) atoms. The number of hydrogen-bond donors (Lipinski definition) is 1. The molecule has 4 aliphatic rings. The van der Waals surface area contributed by atoms with Crippen molar-refractivity contribution in [2.24, 2.45) is 23.2 Å². The van der Waals surface area contributed by atoms with E-state index in [9.17, 15) is 22.8 Å². The smallest absolute Gasteiger partial charge is 0.240 e. The molecule has 3 aromatic rings. The van der Waals surface area contributed by atoms with Gasteiger partial charge in [-0.05, 0) is 82.3 Å². The van der Waals surface area contributed by atoms with E-state index in [0.717, 1.165) is 59.3 Å². The average molecular weight is 748 g/mol. The Morgan fingerprint density at radius 2 is 1.77 bits per heavy atom. The highest BCUT2D eigenvalue weighted by Gasteiger charge is 2.61. The van der Waals surface area contributed by atoms with Gasteiger partial charge in [0.1, 0.15) is 39.9 Å². The molecule has 0 aliphatic heterocycles. The van der Waals surface area contributed by atoms with Crippen LogP contribution in [0, 0.1) is 30.1 Å². The van der Waals surface area contributed by atoms with E-state index in [2.05, 4.69) is 24.6 Å². The minimum atomic E-state index is -3.78. The predicted octanol–water partition coefficient (Wildman–Crippen LogP) is 7.63. The second-order valence-corrected chi connectivity index (χ2v) is 18.4. The molecule has 3 fully saturated rings. The van der Waals surface area contributed by atoms with E-state index < -0.39 is 44.5 Å². The molecule has 2 heterocycles. The molecule has 1 amide bonds. The van der Waals surface area contributed by atoms with Crippen molar-refractivity contribution in [2.75, 3.05) is 7.11 Å². The Balaban J connectivity index is 1.20. The zero-order valence-electron chi connectivity index (χ0n) is 30.5. The summed E-state index contributed by atoms with van der Waals surface area (Å²) in [6, 6.07) is 5.73. The number of carbonyl (C=O) groups excluding carboxylic acids is 3. The van der Waals surface area contributed by atoms with Crippen LogP contribution in [0.3, 0.4) is 0 Å². The molecular formula is C40H49N3O7S2. The van der Waals surface area contributed by atoms with Crippen molar-refractivity contribution in [1.29, 1.82) is 0 Å². The van der Waals surface area contributed by atoms with Gasteiger partial charge in [0.2, 0.25) is 15.9 Å². The molecule has 1 aromatic carbocycles. The molecule has 0 unspecified atom stereocenters. The highest BCUT2D eigenvalue weighted by atomic mass is 32.2. The number of aromatic nitrogens is 2. The number of nitrogens with one attached hydrogen (secondary N) is 1. The number of rotatable bonds is 8. The van der Waals surface area contributed by atoms with Crippen molar-refractivity contribution in [1.82, 2.24) is 14.7 Å². The maximum absolute atomic E-state index is 14.4. The maximum Gasteiger partial charge on any atom is 0.240 e. The largest absolute Gasteiger partial charge is 0.496 e. The zero-order valence-corrected chi connectivity index (χ0v) is 32.1. The van der Waals surface area contributed by atoms with Crippen LogP contribution in [0.15, 0.2) is 35.7 Å². The number of thiazole rings is 1. The van der Waals surface area contributed by atoms with Crippen LogP contribution in [-0.4, -0.2) is 54.3 Å². The van der Waals surface area contributed by atoms with Gasteiger partial charge in [0.25, 0.3) is 0 Å². The predicted molar refractivity (Wildman–Crippen MR) is 201 cm³/mol. The van der Waals surface area contributed by atoms with Gasteiger partial charge < -0.3 is 9.47 Å². The average Bonchev–Trinajstić information content (AvgIpc) is 3.98. The molecule has 0 bridgehead atoms. The second-order valence-electron chi connectivity index (χ2n) is 15.6. The lowest BCUT2D eigenvalue weighted by molar-refractivity contribution is -0.134. The van der Waals surface area contributed by atoms with Crippen molar-refractivity contribution in [3.63, 3.8) is 0 Å². The van der Waals surface area contributed by atoms with E-state index in [4.69, 9.17) is 19.4 Å². The van der Waals surface area contributed by atoms with E-state index in [1.54, 1.807) is 7.11 Å². The van der Waals surface area contributed by atoms with Gasteiger partial charge in [-0.3, -0.25) is 19.1 Å². The Kier molecular flexibility index (Phi) is 10.3. The summed E-state index contributed by atoms with van der Waals surface area (Å²) < 4.78 is 40.4. The van der Waals surface area contributed by atoms with Gasteiger partial charge in [0, 0.05) is 47.1 Å². The van der Waals surface area contributed by atoms with Crippen LogP contribution in [0.2, 0.25) is 0 Å². The molecule has 278 valence electrons. The Bertz CT molecular complexity index is 2020. The molecule has 12 heteroatoms. The number of benzene rings is 1. The minimum absolute atomic E-state index is 0.0597. The number of fused-ring (bicyclic) bond motifs is 3. The fraction of sp³-hybridized carbons (Fsp3) is 0.575. The lowest BCUT2D eigenvalue weighted by atomic mass is 9.82. The number of hydrogen-bond acceptors (Lipinski definition) is 10. The van der Waals surface area contributed by atoms with Crippen LogP contribution in [0.25, 0.3) is 21.6 Å². The third-order valence-electron chi connectivity index (χ3n) is 11.5. The molecule has 10 nitrogen and oxygen atoms in total. The van der Waals surface area contributed by atoms with Crippen LogP contribution >= 0.6 is 11.3 Å². The fourth-order valence-electron chi connectivity index (χ4n) is 8.08. The molecule has 1 N–H and O–H groups in total. The quantitative estimate of drug-likeness (QED) is 0.230. The number of ether oxygens (including phenoxy) is 2. The number of amides is 1. The number of aryl methyl sites for hydroxylation is 1. The topological polar surface area (TPSA) is 142 Å². The van der Waals surface area contributed by atoms with Gasteiger partial charge in [-0.15, -0.1) is 11.3 Å². The number of carbonyl (C=O) groups is 3. The summed E-state index contributed by atoms with van der Waals surface area (Å²) in [7, 11) is -2.15. The van der Waals surface area contributed by atoms with Crippen LogP contribution in [0.4, 0.5) is 0 Å². The van der Waals surface area contributed by atoms with E-state index in [0.29, 0.717) is 55.7 Å². The van der Waals surface area contributed by atoms with Crippen molar-refractivity contribution < 1.29 is 32.3 Å². The van der Waals surface area contributed by atoms with Gasteiger partial charge in [0.15, 0.2) is 0 Å². The second kappa shape index (κ2) is 14.6. The number of allylic oxidation sites excluding steroid dienone is 2. The molecular weight excluding hydrogens is 699 g/mol. The molecule has 0 spiro atoms. The van der Waals surface area contributed by atoms with Crippen molar-refractivity contribution in [3.05, 3.63) is 47.0 Å². The Hall–Kier alpha value is -3.64. The molecule has 2 aromatic heterocycles. The van der Waals surface area contributed by atoms with Gasteiger partial charge in [0.05, 0.1) is 29.0 Å². The first-order valence-electron chi connectivity index (χ1n) is 18.8. The number of pyridine rings is 1. The molecule has 5 atom stereocenters. The number of ketones is 2. The first-order chi connectivity index (χ1) is 24.9. The number of Topliss-reactive ketones (excluding diaryl/α,β-unsaturated/α-hetero) is 2. The first-order valence-corrected chi connectivity index (χ1v) is 21.2. The van der Waals surface area contributed by atoms with Gasteiger partial charge in [-0.1, -0.05) is 38.8 Å². The maximum atomic E-state index is 14.4. The minimum Gasteiger partial charge on any atom is -0.496 e. The highest BCUT2D eigenvalue weighted by molar-refractivity contribution is 7.90. The molecule has 7 rings (SSSR count). The summed E-state index contributed by atoms with van der Waals surface area (Å²) in [6.07, 6.45) is 10.6. The monoisotopic (exact) mass is 747 g/mol. The van der Waals surface area contributed by atoms with E-state index in [1.165, 1.54) is 11.3 Å². The van der Waals surface area contributed by atoms with Crippen molar-refractivity contribution in [2.45, 2.75) is 115 Å². The number of nitrogens with zero attached hydrogens (tertiary/aromatic N) is 2. The van der Waals surface area contributed by atoms with Gasteiger partial charge >= 0.3 is 0 Å². The van der Waals surface area contributed by atoms with Crippen LogP contribution in [0.5, 0.6) is 11.5 Å². The lowest BCUT2D eigenvalue weighted by Crippen LogP contribution is -2.41. The van der Waals surface area contributed by atoms with Crippen molar-refractivity contribution >= 4 is 49.7 Å². The van der Waals surface area contributed by atoms with E-state index in [-0.39, 0.29) is 29.8 Å². The Morgan fingerprint density at radius 1 is 1.02 bits per heavy atom. The normalized spacial score (nSPS) is 27.7. The Labute approximate surface area is 310 Å². The molecule has 4 aliphatic carbocycles. The van der Waals surface area contributed by atoms with Crippen LogP contribution in [0.1, 0.15) is 108 Å². The van der Waals surface area contributed by atoms with Crippen molar-refractivity contribution in [3.8, 4) is 22.2 Å². The summed E-state index contributed by atoms with van der Waals surface area (Å²) in [5.41, 5.74) is 2.14. The summed E-state index contributed by atoms with van der Waals surface area (Å²) >= 11 is 1.53. The standard InChI is InChI=1S/C40H49N3O7S2/c1-23(2)32-22-51-38(42-32)31-19-36(28-15-16-35(49-4)24(3)37(28)41-31)50-26-17-29-30(18-26)34(45)21-40(39(46)43-52(47,48)27-13-14-27)20-25(40)11-9-7-5-6-8-10-12-33(29)44/h9,11,15-16,19,22-23,25-27,29-30H,5-8,10,12-14,17-18,20-21H2,1-4H3,(H,43,46)/b11-9-/t25-,26+,29-,30-,40-/m1/s1. The summed E-state index contributed by atoms with van der Waals surface area (Å²) in [5, 5.41) is 3.08. The SMILES string of the molecule is COc1ccc2c(O[C@H]3C[C@H]4C(=O)CCCCCC/C=C\[C@@H]5C[C@@]5(C(=O)NS(=O)(=O)C5CC5)CC(=O)[C@@H]4C3)cc(-c3nc(C(C)C)cs3)nc2c1C. The first kappa shape index (κ1) is 36.7. The summed E-state index contributed by atoms with van der Waals surface area (Å²) in [4.78, 5) is 51.8. The van der Waals surface area contributed by atoms with E-state index in [1.807, 2.05) is 36.6 Å². The highest BCUT2D eigenvalue weighted by Crippen LogP contribution is 2.58. The summed E-state index contributed by atoms with van der Waals surface area (Å²) in [5.74, 6) is -0.504. The van der Waals surface area contributed by atoms with Gasteiger partial charge in [-0.2, -0.15) is 0 Å². The third-order valence-corrected chi connectivity index (χ3v) is 14.2. The zero-order chi connectivity index (χ0) is 36.8. The Morgan fingerprint density at radius 3 is 2.48 bits per heavy atom. The van der Waals surface area contributed by atoms with Gasteiger partial charge in [-0.25, -0.2) is 18.4 Å². The number of methoxy groups -OCH3 is 1.